The summed E-state index contributed by atoms with van der Waals surface area (Å²) in [5, 5.41) is 2.17. The number of rotatable bonds is 5. The third-order valence-corrected chi connectivity index (χ3v) is 4.48. The summed E-state index contributed by atoms with van der Waals surface area (Å²) in [4.78, 5) is 35.9. The number of Topliss-reactive ketones (excluding diaryl/α,β-unsaturated/α-hetero) is 2. The molecule has 0 saturated carbocycles. The van der Waals surface area contributed by atoms with Crippen LogP contribution in [0.1, 0.15) is 25.3 Å². The topological polar surface area (TPSA) is 60.4 Å². The Hall–Kier alpha value is -2.49. The van der Waals surface area contributed by atoms with E-state index in [0.717, 1.165) is 16.3 Å². The highest BCUT2D eigenvalue weighted by Gasteiger charge is 2.51. The van der Waals surface area contributed by atoms with Crippen molar-refractivity contribution in [2.45, 2.75) is 26.2 Å². The molecule has 3 rings (SSSR count). The van der Waals surface area contributed by atoms with Crippen molar-refractivity contribution in [3.63, 3.8) is 0 Å². The normalized spacial score (nSPS) is 20.7. The van der Waals surface area contributed by atoms with Crippen molar-refractivity contribution in [3.05, 3.63) is 48.0 Å². The summed E-state index contributed by atoms with van der Waals surface area (Å²) in [6.07, 6.45) is 0.698. The highest BCUT2D eigenvalue weighted by atomic mass is 16.5. The maximum Gasteiger partial charge on any atom is 0.320 e. The van der Waals surface area contributed by atoms with Crippen LogP contribution in [0.3, 0.4) is 0 Å². The number of benzene rings is 2. The van der Waals surface area contributed by atoms with Gasteiger partial charge in [0.05, 0.1) is 0 Å². The van der Waals surface area contributed by atoms with Crippen LogP contribution in [0.5, 0.6) is 0 Å². The van der Waals surface area contributed by atoms with E-state index in [-0.39, 0.29) is 37.4 Å². The SMILES string of the molecule is CC(=O)CCC1(Cc2ccc3ccccc3c2)C(=O)COC1=O. The van der Waals surface area contributed by atoms with Crippen LogP contribution in [0.15, 0.2) is 42.5 Å². The largest absolute Gasteiger partial charge is 0.457 e. The lowest BCUT2D eigenvalue weighted by Gasteiger charge is -2.22. The molecule has 1 aliphatic rings. The molecule has 0 radical (unpaired) electrons. The lowest BCUT2D eigenvalue weighted by atomic mass is 9.75. The molecule has 0 amide bonds. The van der Waals surface area contributed by atoms with Gasteiger partial charge in [-0.25, -0.2) is 0 Å². The lowest BCUT2D eigenvalue weighted by molar-refractivity contribution is -0.147. The van der Waals surface area contributed by atoms with E-state index in [9.17, 15) is 14.4 Å². The van der Waals surface area contributed by atoms with Gasteiger partial charge < -0.3 is 9.53 Å². The molecule has 23 heavy (non-hydrogen) atoms. The van der Waals surface area contributed by atoms with Crippen molar-refractivity contribution in [2.75, 3.05) is 6.61 Å². The molecule has 0 spiro atoms. The Kier molecular flexibility index (Phi) is 3.99. The highest BCUT2D eigenvalue weighted by molar-refractivity contribution is 6.09. The zero-order chi connectivity index (χ0) is 16.4. The predicted molar refractivity (Wildman–Crippen MR) is 86.0 cm³/mol. The average Bonchev–Trinajstić information content (AvgIpc) is 2.81. The summed E-state index contributed by atoms with van der Waals surface area (Å²) >= 11 is 0. The number of carbonyl (C=O) groups is 3. The van der Waals surface area contributed by atoms with E-state index >= 15 is 0 Å². The van der Waals surface area contributed by atoms with E-state index < -0.39 is 11.4 Å². The molecule has 4 heteroatoms. The van der Waals surface area contributed by atoms with E-state index in [1.807, 2.05) is 42.5 Å². The van der Waals surface area contributed by atoms with Crippen LogP contribution >= 0.6 is 0 Å². The van der Waals surface area contributed by atoms with Crippen LogP contribution in [-0.2, 0) is 25.5 Å². The van der Waals surface area contributed by atoms with E-state index in [2.05, 4.69) is 0 Å². The first kappa shape index (κ1) is 15.4. The summed E-state index contributed by atoms with van der Waals surface area (Å²) in [7, 11) is 0. The second-order valence-corrected chi connectivity index (χ2v) is 6.14. The van der Waals surface area contributed by atoms with Crippen LogP contribution in [0, 0.1) is 5.41 Å². The van der Waals surface area contributed by atoms with Gasteiger partial charge in [-0.05, 0) is 36.1 Å². The zero-order valence-electron chi connectivity index (χ0n) is 13.0. The Balaban J connectivity index is 1.95. The Morgan fingerprint density at radius 1 is 1.13 bits per heavy atom. The molecule has 0 aromatic heterocycles. The third kappa shape index (κ3) is 2.89. The Morgan fingerprint density at radius 2 is 1.87 bits per heavy atom. The minimum absolute atomic E-state index is 0.0320. The maximum absolute atomic E-state index is 12.3. The molecule has 2 aromatic carbocycles. The van der Waals surface area contributed by atoms with Gasteiger partial charge in [-0.2, -0.15) is 0 Å². The minimum atomic E-state index is -1.21. The van der Waals surface area contributed by atoms with Crippen LogP contribution in [0.2, 0.25) is 0 Å². The zero-order valence-corrected chi connectivity index (χ0v) is 13.0. The Labute approximate surface area is 134 Å². The van der Waals surface area contributed by atoms with Gasteiger partial charge in [0, 0.05) is 6.42 Å². The molecule has 0 aliphatic carbocycles. The molecular weight excluding hydrogens is 292 g/mol. The molecule has 0 bridgehead atoms. The molecule has 1 saturated heterocycles. The highest BCUT2D eigenvalue weighted by Crippen LogP contribution is 2.36. The van der Waals surface area contributed by atoms with E-state index in [1.165, 1.54) is 6.92 Å². The van der Waals surface area contributed by atoms with Gasteiger partial charge in [0.15, 0.2) is 12.4 Å². The monoisotopic (exact) mass is 310 g/mol. The molecule has 1 heterocycles. The molecule has 1 fully saturated rings. The molecular formula is C19H18O4. The molecule has 1 atom stereocenters. The van der Waals surface area contributed by atoms with Gasteiger partial charge in [0.1, 0.15) is 11.2 Å². The van der Waals surface area contributed by atoms with Gasteiger partial charge in [0.25, 0.3) is 0 Å². The fourth-order valence-electron chi connectivity index (χ4n) is 3.11. The quantitative estimate of drug-likeness (QED) is 0.629. The summed E-state index contributed by atoms with van der Waals surface area (Å²) < 4.78 is 4.97. The van der Waals surface area contributed by atoms with Crippen molar-refractivity contribution in [2.24, 2.45) is 5.41 Å². The van der Waals surface area contributed by atoms with Crippen LogP contribution < -0.4 is 0 Å². The number of carbonyl (C=O) groups excluding carboxylic acids is 3. The number of hydrogen-bond donors (Lipinski definition) is 0. The second-order valence-electron chi connectivity index (χ2n) is 6.14. The van der Waals surface area contributed by atoms with Crippen molar-refractivity contribution in [1.29, 1.82) is 0 Å². The van der Waals surface area contributed by atoms with Crippen LogP contribution in [0.25, 0.3) is 10.8 Å². The number of ether oxygens (including phenoxy) is 1. The number of hydrogen-bond acceptors (Lipinski definition) is 4. The minimum Gasteiger partial charge on any atom is -0.457 e. The summed E-state index contributed by atoms with van der Waals surface area (Å²) in [5.41, 5.74) is -0.312. The number of cyclic esters (lactones) is 1. The van der Waals surface area contributed by atoms with Crippen molar-refractivity contribution in [1.82, 2.24) is 0 Å². The molecule has 1 unspecified atom stereocenters. The number of ketones is 2. The van der Waals surface area contributed by atoms with Gasteiger partial charge in [-0.3, -0.25) is 9.59 Å². The smallest absolute Gasteiger partial charge is 0.320 e. The van der Waals surface area contributed by atoms with E-state index in [4.69, 9.17) is 4.74 Å². The molecule has 0 N–H and O–H groups in total. The second kappa shape index (κ2) is 5.95. The first-order valence-corrected chi connectivity index (χ1v) is 7.69. The van der Waals surface area contributed by atoms with Crippen molar-refractivity contribution >= 4 is 28.3 Å². The van der Waals surface area contributed by atoms with E-state index in [0.29, 0.717) is 0 Å². The van der Waals surface area contributed by atoms with Gasteiger partial charge >= 0.3 is 5.97 Å². The first-order valence-electron chi connectivity index (χ1n) is 7.69. The number of fused-ring (bicyclic) bond motifs is 1. The predicted octanol–water partition coefficient (Wildman–Crippen LogP) is 2.86. The van der Waals surface area contributed by atoms with Gasteiger partial charge in [-0.15, -0.1) is 0 Å². The Bertz CT molecular complexity index is 775. The Morgan fingerprint density at radius 3 is 2.52 bits per heavy atom. The van der Waals surface area contributed by atoms with E-state index in [1.54, 1.807) is 0 Å². The third-order valence-electron chi connectivity index (χ3n) is 4.48. The molecule has 4 nitrogen and oxygen atoms in total. The van der Waals surface area contributed by atoms with Crippen molar-refractivity contribution < 1.29 is 19.1 Å². The summed E-state index contributed by atoms with van der Waals surface area (Å²) in [5.74, 6) is -0.760. The first-order chi connectivity index (χ1) is 11.0. The lowest BCUT2D eigenvalue weighted by Crippen LogP contribution is -2.36. The summed E-state index contributed by atoms with van der Waals surface area (Å²) in [6, 6.07) is 13.8. The van der Waals surface area contributed by atoms with Gasteiger partial charge in [0.2, 0.25) is 0 Å². The number of esters is 1. The average molecular weight is 310 g/mol. The fourth-order valence-corrected chi connectivity index (χ4v) is 3.11. The molecule has 2 aromatic rings. The molecule has 1 aliphatic heterocycles. The fraction of sp³-hybridized carbons (Fsp3) is 0.316. The van der Waals surface area contributed by atoms with Gasteiger partial charge in [-0.1, -0.05) is 42.5 Å². The summed E-state index contributed by atoms with van der Waals surface area (Å²) in [6.45, 7) is 1.28. The molecule has 118 valence electrons. The van der Waals surface area contributed by atoms with Crippen molar-refractivity contribution in [3.8, 4) is 0 Å². The van der Waals surface area contributed by atoms with Crippen LogP contribution in [-0.4, -0.2) is 24.1 Å². The maximum atomic E-state index is 12.3. The standard InChI is InChI=1S/C19H18O4/c1-13(20)8-9-19(17(21)12-23-18(19)22)11-14-6-7-15-4-2-3-5-16(15)10-14/h2-7,10H,8-9,11-12H2,1H3. The van der Waals surface area contributed by atoms with Crippen LogP contribution in [0.4, 0.5) is 0 Å².